The zero-order valence-corrected chi connectivity index (χ0v) is 19.6. The number of nitrogens with zero attached hydrogens (tertiary/aromatic N) is 5. The van der Waals surface area contributed by atoms with E-state index in [1.807, 2.05) is 41.3 Å². The van der Waals surface area contributed by atoms with Gasteiger partial charge in [-0.05, 0) is 60.7 Å². The molecule has 2 aromatic heterocycles. The van der Waals surface area contributed by atoms with Gasteiger partial charge in [-0.15, -0.1) is 0 Å². The number of nitrogens with one attached hydrogen (secondary N) is 1. The van der Waals surface area contributed by atoms with Gasteiger partial charge in [0.05, 0.1) is 5.56 Å². The number of hydrogen-bond acceptors (Lipinski definition) is 8. The Morgan fingerprint density at radius 2 is 1.51 bits per heavy atom. The average Bonchev–Trinajstić information content (AvgIpc) is 3.58. The lowest BCUT2D eigenvalue weighted by molar-refractivity contribution is 0.0862. The molecule has 1 atom stereocenters. The molecule has 0 radical (unpaired) electrons. The molecule has 176 valence electrons. The van der Waals surface area contributed by atoms with Crippen molar-refractivity contribution in [3.8, 4) is 11.3 Å². The zero-order chi connectivity index (χ0) is 23.6. The summed E-state index contributed by atoms with van der Waals surface area (Å²) in [6, 6.07) is 19.8. The highest BCUT2D eigenvalue weighted by molar-refractivity contribution is 6.30. The second-order valence-corrected chi connectivity index (χ2v) is 8.78. The van der Waals surface area contributed by atoms with Crippen molar-refractivity contribution in [2.75, 3.05) is 36.0 Å². The molecule has 1 N–H and O–H groups in total. The number of benzene rings is 2. The maximum Gasteiger partial charge on any atom is 0.234 e. The first-order valence-corrected chi connectivity index (χ1v) is 11.8. The Morgan fingerprint density at radius 1 is 0.829 bits per heavy atom. The number of anilines is 2. The largest absolute Gasteiger partial charge is 0.453 e. The van der Waals surface area contributed by atoms with E-state index < -0.39 is 6.23 Å². The summed E-state index contributed by atoms with van der Waals surface area (Å²) >= 11 is 6.04. The van der Waals surface area contributed by atoms with Gasteiger partial charge in [0.1, 0.15) is 12.1 Å². The molecule has 2 aliphatic heterocycles. The highest BCUT2D eigenvalue weighted by Crippen LogP contribution is 2.36. The molecule has 0 spiro atoms. The van der Waals surface area contributed by atoms with E-state index in [1.165, 1.54) is 12.0 Å². The van der Waals surface area contributed by atoms with E-state index >= 15 is 0 Å². The van der Waals surface area contributed by atoms with Crippen molar-refractivity contribution in [2.45, 2.75) is 6.23 Å². The third-order valence-electron chi connectivity index (χ3n) is 6.13. The van der Waals surface area contributed by atoms with Gasteiger partial charge in [-0.3, -0.25) is 4.90 Å². The van der Waals surface area contributed by atoms with Crippen molar-refractivity contribution in [3.63, 3.8) is 0 Å². The minimum Gasteiger partial charge on any atom is -0.453 e. The van der Waals surface area contributed by atoms with Gasteiger partial charge in [-0.2, -0.15) is 0 Å². The van der Waals surface area contributed by atoms with Crippen LogP contribution in [0.4, 0.5) is 11.4 Å². The Hall–Kier alpha value is -3.88. The van der Waals surface area contributed by atoms with E-state index in [0.717, 1.165) is 48.8 Å². The number of amidine groups is 1. The molecule has 0 saturated carbocycles. The molecule has 6 rings (SSSR count). The Labute approximate surface area is 207 Å². The lowest BCUT2D eigenvalue weighted by atomic mass is 10.1. The quantitative estimate of drug-likeness (QED) is 0.438. The second kappa shape index (κ2) is 9.40. The van der Waals surface area contributed by atoms with Crippen LogP contribution in [0.3, 0.4) is 0 Å². The first-order chi connectivity index (χ1) is 17.3. The van der Waals surface area contributed by atoms with E-state index in [4.69, 9.17) is 20.9 Å². The van der Waals surface area contributed by atoms with E-state index in [2.05, 4.69) is 49.6 Å². The lowest BCUT2D eigenvalue weighted by Crippen LogP contribution is -2.43. The van der Waals surface area contributed by atoms with Crippen LogP contribution in [-0.4, -0.2) is 42.0 Å². The Kier molecular flexibility index (Phi) is 5.81. The fourth-order valence-corrected chi connectivity index (χ4v) is 4.47. The molecule has 1 unspecified atom stereocenters. The highest BCUT2D eigenvalue weighted by Gasteiger charge is 2.36. The SMILES string of the molecule is Clc1ccc(-c2ccc(C3=NOC(c4cncnc4)N3c3ccc(N4CCNCC4)cc3)o2)cc1. The van der Waals surface area contributed by atoms with Gasteiger partial charge in [0.2, 0.25) is 12.1 Å². The maximum atomic E-state index is 6.21. The second-order valence-electron chi connectivity index (χ2n) is 8.34. The van der Waals surface area contributed by atoms with Crippen molar-refractivity contribution >= 4 is 28.8 Å². The summed E-state index contributed by atoms with van der Waals surface area (Å²) in [5.41, 5.74) is 3.84. The minimum atomic E-state index is -0.514. The standard InChI is InChI=1S/C26H23ClN6O2/c27-20-3-1-18(2-4-20)23-9-10-24(34-23)25-31-35-26(19-15-29-17-30-16-19)33(25)22-7-5-21(6-8-22)32-13-11-28-12-14-32/h1-10,15-17,26,28H,11-14H2. The summed E-state index contributed by atoms with van der Waals surface area (Å²) < 4.78 is 6.21. The fourth-order valence-electron chi connectivity index (χ4n) is 4.35. The zero-order valence-electron chi connectivity index (χ0n) is 18.8. The average molecular weight is 487 g/mol. The summed E-state index contributed by atoms with van der Waals surface area (Å²) in [6.07, 6.45) is 4.46. The summed E-state index contributed by atoms with van der Waals surface area (Å²) in [5.74, 6) is 1.90. The number of oxime groups is 1. The van der Waals surface area contributed by atoms with E-state index in [1.54, 1.807) is 12.4 Å². The van der Waals surface area contributed by atoms with E-state index in [-0.39, 0.29) is 0 Å². The van der Waals surface area contributed by atoms with Gasteiger partial charge >= 0.3 is 0 Å². The van der Waals surface area contributed by atoms with Crippen molar-refractivity contribution in [2.24, 2.45) is 5.16 Å². The summed E-state index contributed by atoms with van der Waals surface area (Å²) in [6.45, 7) is 3.96. The Bertz CT molecular complexity index is 1320. The molecule has 4 aromatic rings. The molecule has 4 heterocycles. The van der Waals surface area contributed by atoms with Crippen LogP contribution < -0.4 is 15.1 Å². The third kappa shape index (κ3) is 4.34. The normalized spacial score (nSPS) is 17.9. The van der Waals surface area contributed by atoms with Crippen LogP contribution >= 0.6 is 11.6 Å². The summed E-state index contributed by atoms with van der Waals surface area (Å²) in [7, 11) is 0. The molecule has 1 saturated heterocycles. The van der Waals surface area contributed by atoms with Crippen LogP contribution in [0.2, 0.25) is 5.02 Å². The fraction of sp³-hybridized carbons (Fsp3) is 0.192. The van der Waals surface area contributed by atoms with Gasteiger partial charge in [-0.1, -0.05) is 16.8 Å². The Balaban J connectivity index is 1.34. The molecule has 9 heteroatoms. The van der Waals surface area contributed by atoms with Gasteiger partial charge in [-0.25, -0.2) is 9.97 Å². The number of aromatic nitrogens is 2. The molecular formula is C26H23ClN6O2. The number of piperazine rings is 1. The van der Waals surface area contributed by atoms with Gasteiger partial charge in [0.15, 0.2) is 5.76 Å². The predicted octanol–water partition coefficient (Wildman–Crippen LogP) is 4.70. The van der Waals surface area contributed by atoms with Gasteiger partial charge in [0, 0.05) is 60.5 Å². The van der Waals surface area contributed by atoms with Gasteiger partial charge < -0.3 is 19.5 Å². The molecule has 0 aliphatic carbocycles. The molecule has 0 bridgehead atoms. The summed E-state index contributed by atoms with van der Waals surface area (Å²) in [5, 5.41) is 8.48. The van der Waals surface area contributed by atoms with Gasteiger partial charge in [0.25, 0.3) is 0 Å². The lowest BCUT2D eigenvalue weighted by Gasteiger charge is -2.30. The van der Waals surface area contributed by atoms with E-state index in [0.29, 0.717) is 16.6 Å². The third-order valence-corrected chi connectivity index (χ3v) is 6.38. The topological polar surface area (TPSA) is 79.0 Å². The molecular weight excluding hydrogens is 464 g/mol. The number of rotatable bonds is 5. The van der Waals surface area contributed by atoms with Crippen molar-refractivity contribution in [1.29, 1.82) is 0 Å². The Morgan fingerprint density at radius 3 is 2.26 bits per heavy atom. The summed E-state index contributed by atoms with van der Waals surface area (Å²) in [4.78, 5) is 18.6. The van der Waals surface area contributed by atoms with Crippen LogP contribution in [0.25, 0.3) is 11.3 Å². The molecule has 2 aliphatic rings. The predicted molar refractivity (Wildman–Crippen MR) is 136 cm³/mol. The molecule has 1 fully saturated rings. The number of halogens is 1. The van der Waals surface area contributed by atoms with Crippen molar-refractivity contribution in [1.82, 2.24) is 15.3 Å². The van der Waals surface area contributed by atoms with Crippen LogP contribution in [0, 0.1) is 0 Å². The minimum absolute atomic E-state index is 0.514. The highest BCUT2D eigenvalue weighted by atomic mass is 35.5. The van der Waals surface area contributed by atoms with Crippen LogP contribution in [-0.2, 0) is 4.84 Å². The maximum absolute atomic E-state index is 6.21. The first-order valence-electron chi connectivity index (χ1n) is 11.5. The van der Waals surface area contributed by atoms with Crippen molar-refractivity contribution < 1.29 is 9.25 Å². The first kappa shape index (κ1) is 21.6. The van der Waals surface area contributed by atoms with E-state index in [9.17, 15) is 0 Å². The molecule has 8 nitrogen and oxygen atoms in total. The molecule has 0 amide bonds. The van der Waals surface area contributed by atoms with Crippen molar-refractivity contribution in [3.05, 3.63) is 95.7 Å². The van der Waals surface area contributed by atoms with Crippen LogP contribution in [0.5, 0.6) is 0 Å². The smallest absolute Gasteiger partial charge is 0.234 e. The molecule has 2 aromatic carbocycles. The number of hydrogen-bond donors (Lipinski definition) is 1. The molecule has 35 heavy (non-hydrogen) atoms. The van der Waals surface area contributed by atoms with Crippen LogP contribution in [0.15, 0.2) is 89.0 Å². The monoisotopic (exact) mass is 486 g/mol. The van der Waals surface area contributed by atoms with Crippen LogP contribution in [0.1, 0.15) is 17.6 Å². The number of furan rings is 1.